The molecule has 1 aromatic carbocycles. The second-order valence-electron chi connectivity index (χ2n) is 7.24. The Morgan fingerprint density at radius 2 is 1.93 bits per heavy atom. The number of hydrogen-bond acceptors (Lipinski definition) is 6. The molecule has 3 heterocycles. The molecule has 6 nitrogen and oxygen atoms in total. The molecule has 0 radical (unpaired) electrons. The third-order valence-corrected chi connectivity index (χ3v) is 6.15. The number of para-hydroxylation sites is 1. The van der Waals surface area contributed by atoms with E-state index in [1.165, 1.54) is 4.88 Å². The minimum absolute atomic E-state index is 0.0233. The van der Waals surface area contributed by atoms with Gasteiger partial charge < -0.3 is 14.2 Å². The van der Waals surface area contributed by atoms with Crippen LogP contribution in [0.15, 0.2) is 46.3 Å². The molecule has 152 valence electrons. The van der Waals surface area contributed by atoms with Crippen molar-refractivity contribution < 1.29 is 14.1 Å². The zero-order valence-electron chi connectivity index (χ0n) is 16.8. The van der Waals surface area contributed by atoms with Gasteiger partial charge in [0.25, 0.3) is 5.91 Å². The lowest BCUT2D eigenvalue weighted by Crippen LogP contribution is -2.48. The summed E-state index contributed by atoms with van der Waals surface area (Å²) in [5, 5.41) is 6.06. The minimum atomic E-state index is 0.0233. The molecule has 0 atom stereocenters. The number of aromatic nitrogens is 1. The summed E-state index contributed by atoms with van der Waals surface area (Å²) in [6.45, 7) is 8.26. The van der Waals surface area contributed by atoms with Crippen molar-refractivity contribution in [2.24, 2.45) is 0 Å². The highest BCUT2D eigenvalue weighted by Gasteiger charge is 2.24. The largest absolute Gasteiger partial charge is 0.488 e. The molecule has 7 heteroatoms. The highest BCUT2D eigenvalue weighted by Crippen LogP contribution is 2.24. The van der Waals surface area contributed by atoms with Crippen LogP contribution in [0.1, 0.15) is 32.3 Å². The number of rotatable bonds is 6. The quantitative estimate of drug-likeness (QED) is 0.616. The lowest BCUT2D eigenvalue weighted by molar-refractivity contribution is 0.0625. The van der Waals surface area contributed by atoms with Gasteiger partial charge in [-0.3, -0.25) is 9.69 Å². The van der Waals surface area contributed by atoms with Crippen molar-refractivity contribution in [3.8, 4) is 5.75 Å². The van der Waals surface area contributed by atoms with Crippen LogP contribution in [0.25, 0.3) is 0 Å². The molecule has 29 heavy (non-hydrogen) atoms. The number of carbonyl (C=O) groups excluding carboxylic acids is 1. The van der Waals surface area contributed by atoms with Gasteiger partial charge in [0.05, 0.1) is 16.8 Å². The number of piperazine rings is 1. The van der Waals surface area contributed by atoms with E-state index in [9.17, 15) is 4.79 Å². The lowest BCUT2D eigenvalue weighted by Gasteiger charge is -2.34. The summed E-state index contributed by atoms with van der Waals surface area (Å²) in [6, 6.07) is 11.7. The summed E-state index contributed by atoms with van der Waals surface area (Å²) in [5.74, 6) is 1.36. The molecule has 1 aliphatic heterocycles. The molecule has 1 aliphatic rings. The molecule has 1 fully saturated rings. The average molecular weight is 412 g/mol. The smallest absolute Gasteiger partial charge is 0.257 e. The topological polar surface area (TPSA) is 58.8 Å². The van der Waals surface area contributed by atoms with Gasteiger partial charge in [0.2, 0.25) is 0 Å². The molecular formula is C22H25N3O3S. The van der Waals surface area contributed by atoms with Gasteiger partial charge in [-0.25, -0.2) is 0 Å². The molecule has 0 aliphatic carbocycles. The second-order valence-corrected chi connectivity index (χ2v) is 8.27. The van der Waals surface area contributed by atoms with Crippen LogP contribution in [0.5, 0.6) is 5.75 Å². The van der Waals surface area contributed by atoms with Gasteiger partial charge in [-0.1, -0.05) is 23.4 Å². The third kappa shape index (κ3) is 4.52. The van der Waals surface area contributed by atoms with Gasteiger partial charge in [0.15, 0.2) is 0 Å². The number of carbonyl (C=O) groups is 1. The maximum atomic E-state index is 13.1. The van der Waals surface area contributed by atoms with Crippen molar-refractivity contribution >= 4 is 17.2 Å². The van der Waals surface area contributed by atoms with Crippen LogP contribution in [-0.2, 0) is 13.2 Å². The molecule has 3 aromatic rings. The Balaban J connectivity index is 1.39. The number of benzene rings is 1. The summed E-state index contributed by atoms with van der Waals surface area (Å²) in [7, 11) is 0. The zero-order valence-corrected chi connectivity index (χ0v) is 17.6. The summed E-state index contributed by atoms with van der Waals surface area (Å²) in [4.78, 5) is 18.8. The zero-order chi connectivity index (χ0) is 20.2. The molecule has 0 bridgehead atoms. The van der Waals surface area contributed by atoms with E-state index in [2.05, 4.69) is 27.6 Å². The highest BCUT2D eigenvalue weighted by molar-refractivity contribution is 7.09. The monoisotopic (exact) mass is 411 g/mol. The first-order valence-electron chi connectivity index (χ1n) is 9.79. The number of thiophene rings is 1. The lowest BCUT2D eigenvalue weighted by atomic mass is 10.1. The average Bonchev–Trinajstić information content (AvgIpc) is 3.36. The first-order chi connectivity index (χ1) is 14.1. The minimum Gasteiger partial charge on any atom is -0.488 e. The van der Waals surface area contributed by atoms with Crippen LogP contribution in [0.4, 0.5) is 0 Å². The first kappa shape index (κ1) is 19.7. The van der Waals surface area contributed by atoms with Gasteiger partial charge in [-0.2, -0.15) is 0 Å². The van der Waals surface area contributed by atoms with Gasteiger partial charge in [0.1, 0.15) is 18.1 Å². The Bertz CT molecular complexity index is 940. The van der Waals surface area contributed by atoms with Crippen molar-refractivity contribution in [3.63, 3.8) is 0 Å². The van der Waals surface area contributed by atoms with Gasteiger partial charge in [0, 0.05) is 37.6 Å². The molecule has 0 unspecified atom stereocenters. The second kappa shape index (κ2) is 8.80. The van der Waals surface area contributed by atoms with Crippen LogP contribution < -0.4 is 4.74 Å². The number of ether oxygens (including phenoxy) is 1. The Morgan fingerprint density at radius 3 is 2.62 bits per heavy atom. The van der Waals surface area contributed by atoms with Crippen molar-refractivity contribution in [2.45, 2.75) is 27.0 Å². The molecule has 0 spiro atoms. The Kier molecular flexibility index (Phi) is 5.97. The summed E-state index contributed by atoms with van der Waals surface area (Å²) in [5.41, 5.74) is 2.34. The van der Waals surface area contributed by atoms with Crippen molar-refractivity contribution in [1.82, 2.24) is 15.0 Å². The van der Waals surface area contributed by atoms with Crippen molar-refractivity contribution in [3.05, 3.63) is 69.2 Å². The molecule has 0 N–H and O–H groups in total. The van der Waals surface area contributed by atoms with Crippen LogP contribution in [0.2, 0.25) is 0 Å². The van der Waals surface area contributed by atoms with E-state index in [1.54, 1.807) is 11.3 Å². The van der Waals surface area contributed by atoms with E-state index in [0.29, 0.717) is 17.9 Å². The van der Waals surface area contributed by atoms with Crippen LogP contribution in [0, 0.1) is 13.8 Å². The molecule has 4 rings (SSSR count). The predicted molar refractivity (Wildman–Crippen MR) is 112 cm³/mol. The SMILES string of the molecule is Cc1noc(C)c1COc1ccccc1C(=O)N1CCN(Cc2cccs2)CC1. The fourth-order valence-corrected chi connectivity index (χ4v) is 4.28. The number of hydrogen-bond donors (Lipinski definition) is 0. The maximum absolute atomic E-state index is 13.1. The normalized spacial score (nSPS) is 14.9. The number of amides is 1. The molecule has 1 saturated heterocycles. The maximum Gasteiger partial charge on any atom is 0.257 e. The molecule has 2 aromatic heterocycles. The Hall–Kier alpha value is -2.64. The van der Waals surface area contributed by atoms with E-state index >= 15 is 0 Å². The van der Waals surface area contributed by atoms with Gasteiger partial charge in [-0.05, 0) is 37.4 Å². The summed E-state index contributed by atoms with van der Waals surface area (Å²) in [6.07, 6.45) is 0. The van der Waals surface area contributed by atoms with Crippen molar-refractivity contribution in [1.29, 1.82) is 0 Å². The first-order valence-corrected chi connectivity index (χ1v) is 10.7. The summed E-state index contributed by atoms with van der Waals surface area (Å²) < 4.78 is 11.2. The van der Waals surface area contributed by atoms with E-state index in [4.69, 9.17) is 9.26 Å². The fraction of sp³-hybridized carbons (Fsp3) is 0.364. The van der Waals surface area contributed by atoms with E-state index < -0.39 is 0 Å². The van der Waals surface area contributed by atoms with E-state index in [-0.39, 0.29) is 5.91 Å². The molecule has 0 saturated carbocycles. The summed E-state index contributed by atoms with van der Waals surface area (Å²) >= 11 is 1.78. The fourth-order valence-electron chi connectivity index (χ4n) is 3.53. The van der Waals surface area contributed by atoms with Gasteiger partial charge >= 0.3 is 0 Å². The molecule has 1 amide bonds. The van der Waals surface area contributed by atoms with Crippen LogP contribution >= 0.6 is 11.3 Å². The number of aryl methyl sites for hydroxylation is 2. The Labute approximate surface area is 174 Å². The van der Waals surface area contributed by atoms with Crippen LogP contribution in [-0.4, -0.2) is 47.0 Å². The van der Waals surface area contributed by atoms with Crippen molar-refractivity contribution in [2.75, 3.05) is 26.2 Å². The van der Waals surface area contributed by atoms with E-state index in [1.807, 2.05) is 43.0 Å². The number of nitrogens with zero attached hydrogens (tertiary/aromatic N) is 3. The standard InChI is InChI=1S/C22H25N3O3S/c1-16-20(17(2)28-23-16)15-27-21-8-4-3-7-19(21)22(26)25-11-9-24(10-12-25)14-18-6-5-13-29-18/h3-8,13H,9-12,14-15H2,1-2H3. The molecular weight excluding hydrogens is 386 g/mol. The van der Waals surface area contributed by atoms with E-state index in [0.717, 1.165) is 49.7 Å². The van der Waals surface area contributed by atoms with Crippen LogP contribution in [0.3, 0.4) is 0 Å². The Morgan fingerprint density at radius 1 is 1.14 bits per heavy atom. The van der Waals surface area contributed by atoms with Gasteiger partial charge in [-0.15, -0.1) is 11.3 Å². The highest BCUT2D eigenvalue weighted by atomic mass is 32.1. The predicted octanol–water partition coefficient (Wildman–Crippen LogP) is 3.89. The third-order valence-electron chi connectivity index (χ3n) is 5.29.